The van der Waals surface area contributed by atoms with Crippen LogP contribution in [-0.4, -0.2) is 59.2 Å². The number of anilines is 2. The van der Waals surface area contributed by atoms with Gasteiger partial charge in [-0.25, -0.2) is 14.6 Å². The summed E-state index contributed by atoms with van der Waals surface area (Å²) in [5.41, 5.74) is 1.83. The summed E-state index contributed by atoms with van der Waals surface area (Å²) in [6.07, 6.45) is 4.15. The van der Waals surface area contributed by atoms with Crippen LogP contribution in [0, 0.1) is 11.3 Å². The van der Waals surface area contributed by atoms with E-state index in [1.165, 1.54) is 49.9 Å². The third kappa shape index (κ3) is 5.35. The number of ether oxygens (including phenoxy) is 3. The number of halogens is 3. The number of nitrogens with one attached hydrogen (secondary N) is 2. The van der Waals surface area contributed by atoms with Gasteiger partial charge in [0.15, 0.2) is 10.4 Å². The minimum absolute atomic E-state index is 0.0000372. The van der Waals surface area contributed by atoms with E-state index in [1.54, 1.807) is 0 Å². The Hall–Kier alpha value is -3.55. The lowest BCUT2D eigenvalue weighted by Crippen LogP contribution is -2.31. The highest BCUT2D eigenvalue weighted by Gasteiger charge is 2.52. The quantitative estimate of drug-likeness (QED) is 0.335. The second kappa shape index (κ2) is 10.3. The monoisotopic (exact) mass is 594 g/mol. The molecule has 2 saturated carbocycles. The minimum Gasteiger partial charge on any atom is -0.465 e. The highest BCUT2D eigenvalue weighted by atomic mass is 79.9. The first kappa shape index (κ1) is 26.1. The van der Waals surface area contributed by atoms with Crippen LogP contribution in [0.2, 0.25) is 0 Å². The van der Waals surface area contributed by atoms with Crippen molar-refractivity contribution >= 4 is 50.8 Å². The van der Waals surface area contributed by atoms with Crippen molar-refractivity contribution in [1.29, 1.82) is 0 Å². The number of amides is 1. The fraction of sp³-hybridized carbons (Fsp3) is 0.458. The predicted octanol–water partition coefficient (Wildman–Crippen LogP) is 4.81. The zero-order valence-electron chi connectivity index (χ0n) is 20.6. The van der Waals surface area contributed by atoms with Gasteiger partial charge in [0, 0.05) is 12.1 Å². The number of carbonyl (C=O) groups is 2. The van der Waals surface area contributed by atoms with Crippen molar-refractivity contribution in [2.75, 3.05) is 31.4 Å². The maximum atomic E-state index is 13.2. The second-order valence-corrected chi connectivity index (χ2v) is 10.3. The Morgan fingerprint density at radius 3 is 2.63 bits per heavy atom. The van der Waals surface area contributed by atoms with Crippen molar-refractivity contribution in [3.63, 3.8) is 0 Å². The molecule has 0 radical (unpaired) electrons. The maximum absolute atomic E-state index is 13.2. The zero-order chi connectivity index (χ0) is 27.0. The topological polar surface area (TPSA) is 129 Å². The summed E-state index contributed by atoms with van der Waals surface area (Å²) in [5.74, 6) is 0.0577. The molecule has 202 valence electrons. The molecule has 5 rings (SSSR count). The van der Waals surface area contributed by atoms with Gasteiger partial charge in [0.05, 0.1) is 26.3 Å². The number of benzene rings is 1. The summed E-state index contributed by atoms with van der Waals surface area (Å²) < 4.78 is 42.3. The first-order valence-corrected chi connectivity index (χ1v) is 12.7. The van der Waals surface area contributed by atoms with Crippen LogP contribution in [0.5, 0.6) is 5.75 Å². The van der Waals surface area contributed by atoms with Gasteiger partial charge in [0.1, 0.15) is 16.8 Å². The summed E-state index contributed by atoms with van der Waals surface area (Å²) >= 11 is 3.40. The average molecular weight is 595 g/mol. The van der Waals surface area contributed by atoms with E-state index >= 15 is 0 Å². The molecule has 2 aromatic heterocycles. The molecule has 2 fully saturated rings. The molecule has 0 unspecified atom stereocenters. The van der Waals surface area contributed by atoms with E-state index in [0.717, 1.165) is 12.8 Å². The van der Waals surface area contributed by atoms with Crippen LogP contribution in [-0.2, 0) is 16.0 Å². The van der Waals surface area contributed by atoms with Gasteiger partial charge in [-0.15, -0.1) is 0 Å². The van der Waals surface area contributed by atoms with Crippen LogP contribution >= 0.6 is 15.9 Å². The van der Waals surface area contributed by atoms with Crippen LogP contribution in [0.1, 0.15) is 41.6 Å². The lowest BCUT2D eigenvalue weighted by molar-refractivity contribution is -0.0505. The Balaban J connectivity index is 1.50. The van der Waals surface area contributed by atoms with Crippen molar-refractivity contribution in [3.05, 3.63) is 33.9 Å². The molecule has 0 bridgehead atoms. The Labute approximate surface area is 224 Å². The molecule has 3 aromatic rings. The predicted molar refractivity (Wildman–Crippen MR) is 135 cm³/mol. The summed E-state index contributed by atoms with van der Waals surface area (Å²) in [6.45, 7) is -2.44. The molecule has 2 aliphatic rings. The van der Waals surface area contributed by atoms with Gasteiger partial charge in [-0.3, -0.25) is 10.00 Å². The van der Waals surface area contributed by atoms with Crippen molar-refractivity contribution in [3.8, 4) is 5.75 Å². The number of rotatable bonds is 9. The number of alkyl halides is 2. The molecule has 2 aliphatic carbocycles. The second-order valence-electron chi connectivity index (χ2n) is 9.51. The molecule has 0 saturated heterocycles. The number of hydrogen-bond donors (Lipinski definition) is 2. The van der Waals surface area contributed by atoms with Crippen LogP contribution in [0.4, 0.5) is 25.3 Å². The van der Waals surface area contributed by atoms with Gasteiger partial charge in [-0.05, 0) is 65.1 Å². The summed E-state index contributed by atoms with van der Waals surface area (Å²) in [5, 5.41) is 10.3. The highest BCUT2D eigenvalue weighted by molar-refractivity contribution is 9.10. The van der Waals surface area contributed by atoms with Crippen molar-refractivity contribution < 1.29 is 32.6 Å². The molecule has 14 heteroatoms. The Bertz CT molecular complexity index is 1390. The van der Waals surface area contributed by atoms with Gasteiger partial charge < -0.3 is 19.5 Å². The van der Waals surface area contributed by atoms with E-state index in [2.05, 4.69) is 51.1 Å². The third-order valence-corrected chi connectivity index (χ3v) is 7.46. The van der Waals surface area contributed by atoms with Gasteiger partial charge in [0.25, 0.3) is 0 Å². The summed E-state index contributed by atoms with van der Waals surface area (Å²) in [6, 6.07) is 4.15. The number of carbonyl (C=O) groups excluding carboxylic acids is 2. The number of methoxy groups -OCH3 is 2. The van der Waals surface area contributed by atoms with E-state index in [9.17, 15) is 18.4 Å². The zero-order valence-corrected chi connectivity index (χ0v) is 22.2. The lowest BCUT2D eigenvalue weighted by atomic mass is 9.72. The van der Waals surface area contributed by atoms with Gasteiger partial charge in [-0.2, -0.15) is 18.9 Å². The first-order chi connectivity index (χ1) is 18.2. The molecule has 2 heterocycles. The molecule has 11 nitrogen and oxygen atoms in total. The van der Waals surface area contributed by atoms with Crippen LogP contribution in [0.3, 0.4) is 0 Å². The standard InChI is InChI=1S/C24H25BrF2N6O5/c1-36-20(34)13-3-4-14(15(7-13)38-21(26)27)11-33-17-16(18(25)32-33)29-22(31-23(35)37-2)30-19(17)28-10-12-8-24(9-12)5-6-24/h3-4,7,12,21H,5-6,8-11H2,1-2H3,(H2,28,29,30,31,35). The normalized spacial score (nSPS) is 15.8. The van der Waals surface area contributed by atoms with Crippen LogP contribution < -0.4 is 15.4 Å². The van der Waals surface area contributed by atoms with Gasteiger partial charge in [0.2, 0.25) is 5.95 Å². The number of hydrogen-bond acceptors (Lipinski definition) is 9. The number of fused-ring (bicyclic) bond motifs is 1. The van der Waals surface area contributed by atoms with E-state index in [1.807, 2.05) is 0 Å². The van der Waals surface area contributed by atoms with Crippen LogP contribution in [0.15, 0.2) is 22.8 Å². The molecule has 1 aromatic carbocycles. The van der Waals surface area contributed by atoms with E-state index in [0.29, 0.717) is 44.9 Å². The molecule has 2 N–H and O–H groups in total. The molecule has 0 atom stereocenters. The molecule has 38 heavy (non-hydrogen) atoms. The third-order valence-electron chi connectivity index (χ3n) is 6.93. The fourth-order valence-corrected chi connectivity index (χ4v) is 5.38. The van der Waals surface area contributed by atoms with Crippen LogP contribution in [0.25, 0.3) is 11.0 Å². The maximum Gasteiger partial charge on any atom is 0.413 e. The fourth-order valence-electron chi connectivity index (χ4n) is 4.91. The van der Waals surface area contributed by atoms with E-state index in [4.69, 9.17) is 4.74 Å². The Morgan fingerprint density at radius 1 is 1.21 bits per heavy atom. The number of esters is 1. The Kier molecular flexibility index (Phi) is 7.07. The van der Waals surface area contributed by atoms with E-state index in [-0.39, 0.29) is 23.8 Å². The van der Waals surface area contributed by atoms with Gasteiger partial charge in [-0.1, -0.05) is 6.07 Å². The first-order valence-electron chi connectivity index (χ1n) is 11.9. The average Bonchev–Trinajstić information content (AvgIpc) is 3.61. The smallest absolute Gasteiger partial charge is 0.413 e. The highest BCUT2D eigenvalue weighted by Crippen LogP contribution is 2.63. The summed E-state index contributed by atoms with van der Waals surface area (Å²) in [4.78, 5) is 32.6. The molecule has 1 amide bonds. The number of nitrogens with zero attached hydrogens (tertiary/aromatic N) is 4. The molecular formula is C24H25BrF2N6O5. The largest absolute Gasteiger partial charge is 0.465 e. The van der Waals surface area contributed by atoms with Crippen molar-refractivity contribution in [2.24, 2.45) is 11.3 Å². The number of aromatic nitrogens is 4. The summed E-state index contributed by atoms with van der Waals surface area (Å²) in [7, 11) is 2.43. The lowest BCUT2D eigenvalue weighted by Gasteiger charge is -2.36. The van der Waals surface area contributed by atoms with Gasteiger partial charge >= 0.3 is 18.7 Å². The SMILES string of the molecule is COC(=O)Nc1nc(NCC2CC3(CC3)C2)c2c(n1)c(Br)nn2Cc1ccc(C(=O)OC)cc1OC(F)F. The molecule has 0 aliphatic heterocycles. The van der Waals surface area contributed by atoms with Crippen molar-refractivity contribution in [1.82, 2.24) is 19.7 Å². The van der Waals surface area contributed by atoms with Crippen molar-refractivity contribution in [2.45, 2.75) is 38.8 Å². The Morgan fingerprint density at radius 2 is 1.97 bits per heavy atom. The molecular weight excluding hydrogens is 570 g/mol. The minimum atomic E-state index is -3.10. The van der Waals surface area contributed by atoms with E-state index < -0.39 is 18.7 Å². The molecule has 1 spiro atoms.